The van der Waals surface area contributed by atoms with Gasteiger partial charge < -0.3 is 15.6 Å². The van der Waals surface area contributed by atoms with Gasteiger partial charge in [-0.3, -0.25) is 9.59 Å². The number of nitrogens with one attached hydrogen (secondary N) is 1. The van der Waals surface area contributed by atoms with Gasteiger partial charge in [0.05, 0.1) is 5.52 Å². The minimum atomic E-state index is -0.0147. The fraction of sp³-hybridized carbons (Fsp3) is 0.333. The van der Waals surface area contributed by atoms with E-state index in [9.17, 15) is 9.59 Å². The number of halogens is 1. The van der Waals surface area contributed by atoms with Crippen LogP contribution in [0.3, 0.4) is 0 Å². The van der Waals surface area contributed by atoms with E-state index in [0.29, 0.717) is 39.8 Å². The number of benzene rings is 3. The van der Waals surface area contributed by atoms with Crippen molar-refractivity contribution < 1.29 is 4.79 Å². The highest BCUT2D eigenvalue weighted by Crippen LogP contribution is 2.54. The van der Waals surface area contributed by atoms with E-state index in [4.69, 9.17) is 17.3 Å². The molecule has 0 saturated heterocycles. The summed E-state index contributed by atoms with van der Waals surface area (Å²) in [5, 5.41) is 4.58. The molecule has 3 unspecified atom stereocenters. The lowest BCUT2D eigenvalue weighted by molar-refractivity contribution is -0.0278. The zero-order chi connectivity index (χ0) is 26.7. The molecular formula is C33H32ClN3O2. The average molecular weight is 538 g/mol. The molecule has 5 atom stereocenters. The van der Waals surface area contributed by atoms with E-state index in [2.05, 4.69) is 5.32 Å². The Bertz CT molecular complexity index is 1610. The third-order valence-corrected chi connectivity index (χ3v) is 9.54. The molecule has 1 aromatic heterocycles. The predicted molar refractivity (Wildman–Crippen MR) is 156 cm³/mol. The van der Waals surface area contributed by atoms with Gasteiger partial charge in [0, 0.05) is 51.4 Å². The first kappa shape index (κ1) is 24.6. The van der Waals surface area contributed by atoms with Crippen molar-refractivity contribution in [3.8, 4) is 5.69 Å². The maximum Gasteiger partial charge on any atom is 0.251 e. The Balaban J connectivity index is 1.13. The number of nitrogens with zero attached hydrogens (tertiary/aromatic N) is 1. The molecule has 3 N–H and O–H groups in total. The third kappa shape index (κ3) is 4.48. The van der Waals surface area contributed by atoms with Gasteiger partial charge in [0.15, 0.2) is 5.43 Å². The molecule has 1 heterocycles. The Kier molecular flexibility index (Phi) is 5.91. The van der Waals surface area contributed by atoms with Gasteiger partial charge in [0.2, 0.25) is 0 Å². The summed E-state index contributed by atoms with van der Waals surface area (Å²) in [6, 6.07) is 23.2. The Morgan fingerprint density at radius 3 is 2.38 bits per heavy atom. The van der Waals surface area contributed by atoms with Gasteiger partial charge in [-0.1, -0.05) is 41.9 Å². The maximum absolute atomic E-state index is 13.4. The molecule has 39 heavy (non-hydrogen) atoms. The van der Waals surface area contributed by atoms with Crippen molar-refractivity contribution in [2.45, 2.75) is 50.1 Å². The first-order valence-electron chi connectivity index (χ1n) is 13.9. The molecule has 3 aromatic carbocycles. The predicted octanol–water partition coefficient (Wildman–Crippen LogP) is 5.87. The van der Waals surface area contributed by atoms with E-state index in [1.54, 1.807) is 12.1 Å². The number of nitrogens with two attached hydrogens (primary N) is 1. The van der Waals surface area contributed by atoms with Crippen LogP contribution in [0.2, 0.25) is 5.02 Å². The summed E-state index contributed by atoms with van der Waals surface area (Å²) in [6.45, 7) is 0. The van der Waals surface area contributed by atoms with Crippen LogP contribution in [-0.4, -0.2) is 22.1 Å². The van der Waals surface area contributed by atoms with Crippen molar-refractivity contribution in [1.29, 1.82) is 0 Å². The van der Waals surface area contributed by atoms with Gasteiger partial charge >= 0.3 is 0 Å². The van der Waals surface area contributed by atoms with Crippen LogP contribution in [0.4, 0.5) is 0 Å². The quantitative estimate of drug-likeness (QED) is 0.334. The average Bonchev–Trinajstić information content (AvgIpc) is 2.92. The van der Waals surface area contributed by atoms with Crippen molar-refractivity contribution >= 4 is 28.4 Å². The molecule has 8 rings (SSSR count). The third-order valence-electron chi connectivity index (χ3n) is 9.30. The molecule has 4 aliphatic rings. The number of hydrogen-bond donors (Lipinski definition) is 2. The number of pyridine rings is 1. The molecule has 0 aliphatic heterocycles. The largest absolute Gasteiger partial charge is 0.349 e. The summed E-state index contributed by atoms with van der Waals surface area (Å²) in [5.74, 6) is 1.72. The SMILES string of the molecule is NC12CC3C[C@H](C1)C(NC(=O)c1ccc(Cc4cn(-c5ccccc5)c5cc(Cl)ccc5c4=O)cc1)[C@@H](C3)C2. The number of carbonyl (C=O) groups excluding carboxylic acids is 1. The second kappa shape index (κ2) is 9.35. The van der Waals surface area contributed by atoms with Gasteiger partial charge in [-0.2, -0.15) is 0 Å². The molecule has 4 aromatic rings. The second-order valence-electron chi connectivity index (χ2n) is 12.1. The number of aromatic nitrogens is 1. The van der Waals surface area contributed by atoms with Crippen LogP contribution >= 0.6 is 11.6 Å². The number of para-hydroxylation sites is 1. The highest BCUT2D eigenvalue weighted by Gasteiger charge is 2.54. The summed E-state index contributed by atoms with van der Waals surface area (Å²) in [7, 11) is 0. The summed E-state index contributed by atoms with van der Waals surface area (Å²) in [4.78, 5) is 26.6. The number of carbonyl (C=O) groups is 1. The second-order valence-corrected chi connectivity index (χ2v) is 12.5. The minimum Gasteiger partial charge on any atom is -0.349 e. The summed E-state index contributed by atoms with van der Waals surface area (Å²) >= 11 is 6.29. The fourth-order valence-electron chi connectivity index (χ4n) is 7.83. The monoisotopic (exact) mass is 537 g/mol. The van der Waals surface area contributed by atoms with E-state index in [1.165, 1.54) is 12.8 Å². The van der Waals surface area contributed by atoms with Gasteiger partial charge in [-0.05, 0) is 97.9 Å². The molecule has 4 aliphatic carbocycles. The highest BCUT2D eigenvalue weighted by molar-refractivity contribution is 6.31. The minimum absolute atomic E-state index is 0.00442. The van der Waals surface area contributed by atoms with Gasteiger partial charge in [-0.25, -0.2) is 0 Å². The zero-order valence-electron chi connectivity index (χ0n) is 21.8. The van der Waals surface area contributed by atoms with Gasteiger partial charge in [-0.15, -0.1) is 0 Å². The zero-order valence-corrected chi connectivity index (χ0v) is 22.5. The Labute approximate surface area is 233 Å². The number of rotatable bonds is 5. The molecule has 4 saturated carbocycles. The van der Waals surface area contributed by atoms with E-state index in [1.807, 2.05) is 71.4 Å². The summed E-state index contributed by atoms with van der Waals surface area (Å²) < 4.78 is 2.02. The molecule has 1 amide bonds. The fourth-order valence-corrected chi connectivity index (χ4v) is 8.00. The molecule has 5 nitrogen and oxygen atoms in total. The lowest BCUT2D eigenvalue weighted by Crippen LogP contribution is -2.64. The smallest absolute Gasteiger partial charge is 0.251 e. The van der Waals surface area contributed by atoms with E-state index in [0.717, 1.165) is 41.9 Å². The summed E-state index contributed by atoms with van der Waals surface area (Å²) in [6.07, 6.45) is 7.98. The molecule has 4 bridgehead atoms. The molecule has 6 heteroatoms. The summed E-state index contributed by atoms with van der Waals surface area (Å²) in [5.41, 5.74) is 10.7. The van der Waals surface area contributed by atoms with E-state index < -0.39 is 0 Å². The Morgan fingerprint density at radius 1 is 0.974 bits per heavy atom. The van der Waals surface area contributed by atoms with E-state index in [-0.39, 0.29) is 22.9 Å². The lowest BCUT2D eigenvalue weighted by Gasteiger charge is -2.58. The first-order chi connectivity index (χ1) is 18.8. The van der Waals surface area contributed by atoms with Crippen LogP contribution in [-0.2, 0) is 6.42 Å². The van der Waals surface area contributed by atoms with Crippen LogP contribution in [0.25, 0.3) is 16.6 Å². The van der Waals surface area contributed by atoms with Crippen LogP contribution in [0.5, 0.6) is 0 Å². The van der Waals surface area contributed by atoms with Gasteiger partial charge in [0.1, 0.15) is 0 Å². The van der Waals surface area contributed by atoms with Crippen LogP contribution in [0, 0.1) is 17.8 Å². The normalized spacial score (nSPS) is 27.1. The van der Waals surface area contributed by atoms with Crippen molar-refractivity contribution in [2.24, 2.45) is 23.5 Å². The number of hydrogen-bond acceptors (Lipinski definition) is 3. The van der Waals surface area contributed by atoms with Crippen molar-refractivity contribution in [3.63, 3.8) is 0 Å². The molecule has 0 radical (unpaired) electrons. The van der Waals surface area contributed by atoms with Gasteiger partial charge in [0.25, 0.3) is 5.91 Å². The van der Waals surface area contributed by atoms with Crippen LogP contribution < -0.4 is 16.5 Å². The topological polar surface area (TPSA) is 77.1 Å². The lowest BCUT2D eigenvalue weighted by atomic mass is 9.51. The maximum atomic E-state index is 13.4. The standard InChI is InChI=1S/C33H32ClN3O2/c34-26-10-11-28-29(15-26)37(27-4-2-1-3-5-27)19-25(31(28)38)12-20-6-8-22(9-7-20)32(39)36-30-23-13-21-14-24(30)18-33(35,16-21)17-23/h1-11,15,19,21,23-24,30H,12-14,16-18,35H2,(H,36,39)/t21?,23-,24+,30?,33?. The molecule has 0 spiro atoms. The van der Waals surface area contributed by atoms with Crippen LogP contribution in [0.1, 0.15) is 53.6 Å². The molecule has 4 fully saturated rings. The van der Waals surface area contributed by atoms with Crippen molar-refractivity contribution in [2.75, 3.05) is 0 Å². The van der Waals surface area contributed by atoms with E-state index >= 15 is 0 Å². The first-order valence-corrected chi connectivity index (χ1v) is 14.3. The van der Waals surface area contributed by atoms with Crippen molar-refractivity contribution in [1.82, 2.24) is 9.88 Å². The number of fused-ring (bicyclic) bond motifs is 1. The molecule has 198 valence electrons. The van der Waals surface area contributed by atoms with Crippen LogP contribution in [0.15, 0.2) is 83.8 Å². The van der Waals surface area contributed by atoms with Crippen molar-refractivity contribution in [3.05, 3.63) is 111 Å². The Morgan fingerprint density at radius 2 is 1.69 bits per heavy atom. The Hall–Kier alpha value is -3.41. The molecular weight excluding hydrogens is 506 g/mol. The highest BCUT2D eigenvalue weighted by atomic mass is 35.5. The number of amides is 1.